The van der Waals surface area contributed by atoms with Gasteiger partial charge in [-0.25, -0.2) is 4.98 Å². The molecule has 0 bridgehead atoms. The molecule has 2 atom stereocenters. The molecule has 1 aromatic rings. The van der Waals surface area contributed by atoms with Crippen LogP contribution in [0, 0.1) is 17.2 Å². The Hall–Kier alpha value is -1.05. The quantitative estimate of drug-likeness (QED) is 0.838. The number of nitriles is 1. The van der Waals surface area contributed by atoms with Crippen molar-refractivity contribution in [2.45, 2.75) is 31.7 Å². The Morgan fingerprint density at radius 3 is 2.88 bits per heavy atom. The van der Waals surface area contributed by atoms with Gasteiger partial charge >= 0.3 is 0 Å². The van der Waals surface area contributed by atoms with Gasteiger partial charge in [-0.15, -0.1) is 0 Å². The van der Waals surface area contributed by atoms with E-state index in [2.05, 4.69) is 21.4 Å². The third-order valence-electron chi connectivity index (χ3n) is 2.97. The van der Waals surface area contributed by atoms with E-state index < -0.39 is 0 Å². The van der Waals surface area contributed by atoms with Crippen molar-refractivity contribution in [3.05, 3.63) is 16.5 Å². The van der Waals surface area contributed by atoms with Gasteiger partial charge in [0.2, 0.25) is 5.28 Å². The minimum Gasteiger partial charge on any atom is -0.365 e. The maximum atomic E-state index is 9.08. The molecule has 0 spiro atoms. The van der Waals surface area contributed by atoms with E-state index in [-0.39, 0.29) is 17.2 Å². The molecule has 0 radical (unpaired) electrons. The first kappa shape index (κ1) is 12.4. The Balaban J connectivity index is 2.14. The monoisotopic (exact) mass is 270 g/mol. The Morgan fingerprint density at radius 2 is 2.12 bits per heavy atom. The lowest BCUT2D eigenvalue weighted by atomic mass is 9.85. The van der Waals surface area contributed by atoms with Crippen LogP contribution in [0.2, 0.25) is 10.3 Å². The minimum absolute atomic E-state index is 0.00792. The summed E-state index contributed by atoms with van der Waals surface area (Å²) in [6, 6.07) is 2.42. The summed E-state index contributed by atoms with van der Waals surface area (Å²) in [6.07, 6.45) is 5.56. The lowest BCUT2D eigenvalue weighted by Gasteiger charge is -2.28. The summed E-state index contributed by atoms with van der Waals surface area (Å²) in [5, 5.41) is 12.9. The van der Waals surface area contributed by atoms with Crippen LogP contribution < -0.4 is 5.32 Å². The number of anilines is 1. The molecule has 0 amide bonds. The summed E-state index contributed by atoms with van der Waals surface area (Å²) in [6.45, 7) is 0. The fourth-order valence-electron chi connectivity index (χ4n) is 2.08. The van der Waals surface area contributed by atoms with Crippen LogP contribution in [0.5, 0.6) is 0 Å². The highest BCUT2D eigenvalue weighted by molar-refractivity contribution is 6.33. The first-order valence-electron chi connectivity index (χ1n) is 5.55. The second-order valence-electron chi connectivity index (χ2n) is 4.11. The maximum absolute atomic E-state index is 9.08. The Morgan fingerprint density at radius 1 is 1.35 bits per heavy atom. The standard InChI is InChI=1S/C11H12Cl2N4/c12-8-6-15-11(13)17-10(8)16-9-4-2-1-3-7(9)5-14/h6-7,9H,1-4H2,(H,15,16,17)/t7-,9+/m1/s1. The second-order valence-corrected chi connectivity index (χ2v) is 4.85. The van der Waals surface area contributed by atoms with Gasteiger partial charge in [0.15, 0.2) is 0 Å². The first-order valence-corrected chi connectivity index (χ1v) is 6.30. The zero-order valence-electron chi connectivity index (χ0n) is 9.16. The van der Waals surface area contributed by atoms with Crippen molar-refractivity contribution >= 4 is 29.0 Å². The van der Waals surface area contributed by atoms with Crippen LogP contribution in [0.1, 0.15) is 25.7 Å². The lowest BCUT2D eigenvalue weighted by Crippen LogP contribution is -2.31. The summed E-state index contributed by atoms with van der Waals surface area (Å²) >= 11 is 11.7. The van der Waals surface area contributed by atoms with Crippen molar-refractivity contribution in [2.24, 2.45) is 5.92 Å². The van der Waals surface area contributed by atoms with E-state index in [4.69, 9.17) is 28.5 Å². The van der Waals surface area contributed by atoms with E-state index in [0.717, 1.165) is 25.7 Å². The number of hydrogen-bond acceptors (Lipinski definition) is 4. The third kappa shape index (κ3) is 2.99. The van der Waals surface area contributed by atoms with Gasteiger partial charge in [0.1, 0.15) is 10.8 Å². The number of rotatable bonds is 2. The van der Waals surface area contributed by atoms with Crippen molar-refractivity contribution in [2.75, 3.05) is 5.32 Å². The molecule has 0 aliphatic heterocycles. The lowest BCUT2D eigenvalue weighted by molar-refractivity contribution is 0.388. The molecule has 4 nitrogen and oxygen atoms in total. The minimum atomic E-state index is 0.00792. The molecule has 1 fully saturated rings. The van der Waals surface area contributed by atoms with Crippen molar-refractivity contribution in [1.82, 2.24) is 9.97 Å². The number of aromatic nitrogens is 2. The van der Waals surface area contributed by atoms with Gasteiger partial charge in [-0.2, -0.15) is 10.2 Å². The smallest absolute Gasteiger partial charge is 0.224 e. The van der Waals surface area contributed by atoms with Gasteiger partial charge in [0.25, 0.3) is 0 Å². The van der Waals surface area contributed by atoms with Gasteiger partial charge in [-0.1, -0.05) is 24.4 Å². The Kier molecular flexibility index (Phi) is 4.03. The van der Waals surface area contributed by atoms with Crippen molar-refractivity contribution in [1.29, 1.82) is 5.26 Å². The molecule has 6 heteroatoms. The maximum Gasteiger partial charge on any atom is 0.224 e. The van der Waals surface area contributed by atoms with Crippen molar-refractivity contribution in [3.8, 4) is 6.07 Å². The van der Waals surface area contributed by atoms with Gasteiger partial charge in [0.05, 0.1) is 18.2 Å². The van der Waals surface area contributed by atoms with Gasteiger partial charge < -0.3 is 5.32 Å². The molecule has 1 heterocycles. The highest BCUT2D eigenvalue weighted by Gasteiger charge is 2.25. The summed E-state index contributed by atoms with van der Waals surface area (Å²) in [5.41, 5.74) is 0. The van der Waals surface area contributed by atoms with E-state index in [1.165, 1.54) is 6.20 Å². The molecular formula is C11H12Cl2N4. The highest BCUT2D eigenvalue weighted by Crippen LogP contribution is 2.28. The van der Waals surface area contributed by atoms with E-state index in [9.17, 15) is 0 Å². The SMILES string of the molecule is N#C[C@H]1CCCC[C@@H]1Nc1nc(Cl)ncc1Cl. The molecule has 90 valence electrons. The molecule has 2 rings (SSSR count). The highest BCUT2D eigenvalue weighted by atomic mass is 35.5. The largest absolute Gasteiger partial charge is 0.365 e. The number of hydrogen-bond donors (Lipinski definition) is 1. The van der Waals surface area contributed by atoms with E-state index >= 15 is 0 Å². The molecule has 0 aromatic carbocycles. The average molecular weight is 271 g/mol. The first-order chi connectivity index (χ1) is 8.20. The molecule has 1 saturated carbocycles. The average Bonchev–Trinajstić information content (AvgIpc) is 2.34. The second kappa shape index (κ2) is 5.52. The topological polar surface area (TPSA) is 61.6 Å². The number of nitrogens with zero attached hydrogens (tertiary/aromatic N) is 3. The predicted molar refractivity (Wildman–Crippen MR) is 67.0 cm³/mol. The van der Waals surface area contributed by atoms with Crippen LogP contribution in [0.25, 0.3) is 0 Å². The Labute approximate surface area is 110 Å². The van der Waals surface area contributed by atoms with Gasteiger partial charge in [-0.3, -0.25) is 0 Å². The molecule has 1 aliphatic rings. The molecule has 17 heavy (non-hydrogen) atoms. The van der Waals surface area contributed by atoms with Crippen LogP contribution in [-0.4, -0.2) is 16.0 Å². The van der Waals surface area contributed by atoms with Crippen LogP contribution in [0.4, 0.5) is 5.82 Å². The van der Waals surface area contributed by atoms with Crippen molar-refractivity contribution < 1.29 is 0 Å². The fourth-order valence-corrected chi connectivity index (χ4v) is 2.36. The van der Waals surface area contributed by atoms with Crippen LogP contribution in [0.3, 0.4) is 0 Å². The molecule has 1 aliphatic carbocycles. The van der Waals surface area contributed by atoms with Crippen molar-refractivity contribution in [3.63, 3.8) is 0 Å². The van der Waals surface area contributed by atoms with Crippen LogP contribution >= 0.6 is 23.2 Å². The summed E-state index contributed by atoms with van der Waals surface area (Å²) in [4.78, 5) is 7.83. The summed E-state index contributed by atoms with van der Waals surface area (Å²) < 4.78 is 0. The van der Waals surface area contributed by atoms with Crippen LogP contribution in [-0.2, 0) is 0 Å². The van der Waals surface area contributed by atoms with Crippen LogP contribution in [0.15, 0.2) is 6.20 Å². The zero-order chi connectivity index (χ0) is 12.3. The number of halogens is 2. The third-order valence-corrected chi connectivity index (χ3v) is 3.43. The zero-order valence-corrected chi connectivity index (χ0v) is 10.7. The molecular weight excluding hydrogens is 259 g/mol. The summed E-state index contributed by atoms with van der Waals surface area (Å²) in [5.74, 6) is 0.521. The molecule has 0 saturated heterocycles. The normalized spacial score (nSPS) is 24.1. The predicted octanol–water partition coefficient (Wildman–Crippen LogP) is 3.28. The molecule has 1 N–H and O–H groups in total. The van der Waals surface area contributed by atoms with Gasteiger partial charge in [0, 0.05) is 6.04 Å². The summed E-state index contributed by atoms with van der Waals surface area (Å²) in [7, 11) is 0. The van der Waals surface area contributed by atoms with E-state index in [1.54, 1.807) is 0 Å². The Bertz CT molecular complexity index is 444. The van der Waals surface area contributed by atoms with E-state index in [0.29, 0.717) is 10.8 Å². The van der Waals surface area contributed by atoms with E-state index in [1.807, 2.05) is 0 Å². The molecule has 1 aromatic heterocycles. The molecule has 0 unspecified atom stereocenters. The van der Waals surface area contributed by atoms with Gasteiger partial charge in [-0.05, 0) is 24.4 Å². The fraction of sp³-hybridized carbons (Fsp3) is 0.545. The number of nitrogens with one attached hydrogen (secondary N) is 1.